The van der Waals surface area contributed by atoms with Gasteiger partial charge in [-0.1, -0.05) is 37.6 Å². The lowest BCUT2D eigenvalue weighted by Gasteiger charge is -2.29. The molecule has 1 heterocycles. The maximum atomic E-state index is 6.25. The van der Waals surface area contributed by atoms with E-state index in [1.54, 1.807) is 0 Å². The molecule has 1 aromatic carbocycles. The molecule has 2 rings (SSSR count). The molecule has 2 unspecified atom stereocenters. The first kappa shape index (κ1) is 12.6. The molecule has 2 atom stereocenters. The molecule has 3 N–H and O–H groups in total. The van der Waals surface area contributed by atoms with Crippen molar-refractivity contribution in [2.75, 3.05) is 19.8 Å². The third-order valence-electron chi connectivity index (χ3n) is 3.29. The summed E-state index contributed by atoms with van der Waals surface area (Å²) in [5.41, 5.74) is 8.82. The topological polar surface area (TPSA) is 47.3 Å². The quantitative estimate of drug-likeness (QED) is 0.832. The molecule has 0 aliphatic carbocycles. The first-order valence-electron chi connectivity index (χ1n) is 6.47. The van der Waals surface area contributed by atoms with Crippen LogP contribution in [0, 0.1) is 0 Å². The van der Waals surface area contributed by atoms with Crippen molar-refractivity contribution in [1.82, 2.24) is 5.32 Å². The summed E-state index contributed by atoms with van der Waals surface area (Å²) in [7, 11) is 0. The van der Waals surface area contributed by atoms with Crippen LogP contribution in [0.4, 0.5) is 0 Å². The second-order valence-corrected chi connectivity index (χ2v) is 4.65. The molecular weight excluding hydrogens is 212 g/mol. The van der Waals surface area contributed by atoms with E-state index < -0.39 is 0 Å². The Morgan fingerprint density at radius 2 is 2.18 bits per heavy atom. The van der Waals surface area contributed by atoms with E-state index in [0.29, 0.717) is 6.61 Å². The Morgan fingerprint density at radius 1 is 1.41 bits per heavy atom. The Labute approximate surface area is 103 Å². The summed E-state index contributed by atoms with van der Waals surface area (Å²) >= 11 is 0. The average Bonchev–Trinajstić information content (AvgIpc) is 2.40. The number of nitrogens with one attached hydrogen (secondary N) is 1. The van der Waals surface area contributed by atoms with E-state index in [4.69, 9.17) is 10.5 Å². The second kappa shape index (κ2) is 6.15. The van der Waals surface area contributed by atoms with Crippen molar-refractivity contribution in [2.45, 2.75) is 31.8 Å². The summed E-state index contributed by atoms with van der Waals surface area (Å²) in [4.78, 5) is 0. The van der Waals surface area contributed by atoms with Gasteiger partial charge in [0.1, 0.15) is 0 Å². The highest BCUT2D eigenvalue weighted by molar-refractivity contribution is 5.26. The number of aryl methyl sites for hydroxylation is 1. The van der Waals surface area contributed by atoms with Crippen molar-refractivity contribution in [3.63, 3.8) is 0 Å². The van der Waals surface area contributed by atoms with Crippen LogP contribution < -0.4 is 11.1 Å². The molecule has 1 aliphatic heterocycles. The average molecular weight is 234 g/mol. The molecule has 0 radical (unpaired) electrons. The highest BCUT2D eigenvalue weighted by Crippen LogP contribution is 2.17. The summed E-state index contributed by atoms with van der Waals surface area (Å²) in [5.74, 6) is 0. The minimum Gasteiger partial charge on any atom is -0.378 e. The number of ether oxygens (including phenoxy) is 1. The zero-order valence-electron chi connectivity index (χ0n) is 10.5. The zero-order chi connectivity index (χ0) is 12.1. The van der Waals surface area contributed by atoms with Gasteiger partial charge in [-0.15, -0.1) is 0 Å². The lowest BCUT2D eigenvalue weighted by Crippen LogP contribution is -2.47. The van der Waals surface area contributed by atoms with Crippen molar-refractivity contribution >= 4 is 0 Å². The third-order valence-corrected chi connectivity index (χ3v) is 3.29. The number of nitrogens with two attached hydrogens (primary N) is 1. The monoisotopic (exact) mass is 234 g/mol. The molecule has 0 aromatic heterocycles. The van der Waals surface area contributed by atoms with Crippen molar-refractivity contribution in [3.8, 4) is 0 Å². The number of morpholine rings is 1. The van der Waals surface area contributed by atoms with E-state index in [-0.39, 0.29) is 12.1 Å². The molecule has 1 aliphatic rings. The van der Waals surface area contributed by atoms with E-state index in [1.807, 2.05) is 0 Å². The first-order valence-corrected chi connectivity index (χ1v) is 6.47. The van der Waals surface area contributed by atoms with Gasteiger partial charge in [-0.2, -0.15) is 0 Å². The molecule has 3 nitrogen and oxygen atoms in total. The number of rotatable bonds is 4. The number of benzene rings is 1. The Morgan fingerprint density at radius 3 is 2.76 bits per heavy atom. The number of hydrogen-bond donors (Lipinski definition) is 2. The molecular formula is C14H22N2O. The molecule has 94 valence electrons. The largest absolute Gasteiger partial charge is 0.378 e. The van der Waals surface area contributed by atoms with Crippen LogP contribution in [0.1, 0.15) is 30.5 Å². The van der Waals surface area contributed by atoms with Crippen LogP contribution in [0.3, 0.4) is 0 Å². The van der Waals surface area contributed by atoms with Crippen LogP contribution in [0.5, 0.6) is 0 Å². The zero-order valence-corrected chi connectivity index (χ0v) is 10.5. The lowest BCUT2D eigenvalue weighted by atomic mass is 9.98. The van der Waals surface area contributed by atoms with Gasteiger partial charge in [0.25, 0.3) is 0 Å². The van der Waals surface area contributed by atoms with E-state index in [1.165, 1.54) is 17.5 Å². The van der Waals surface area contributed by atoms with Crippen LogP contribution in [-0.2, 0) is 11.2 Å². The summed E-state index contributed by atoms with van der Waals surface area (Å²) in [6, 6.07) is 8.91. The van der Waals surface area contributed by atoms with Gasteiger partial charge in [0.2, 0.25) is 0 Å². The van der Waals surface area contributed by atoms with Crippen LogP contribution in [0.15, 0.2) is 24.3 Å². The fourth-order valence-electron chi connectivity index (χ4n) is 2.24. The van der Waals surface area contributed by atoms with Crippen LogP contribution in [0.25, 0.3) is 0 Å². The first-order chi connectivity index (χ1) is 8.31. The summed E-state index contributed by atoms with van der Waals surface area (Å²) < 4.78 is 5.44. The van der Waals surface area contributed by atoms with Gasteiger partial charge in [-0.25, -0.2) is 0 Å². The fraction of sp³-hybridized carbons (Fsp3) is 0.571. The predicted octanol–water partition coefficient (Wildman–Crippen LogP) is 1.63. The Hall–Kier alpha value is -0.900. The van der Waals surface area contributed by atoms with Gasteiger partial charge >= 0.3 is 0 Å². The normalized spacial score (nSPS) is 22.4. The Kier molecular flexibility index (Phi) is 4.54. The standard InChI is InChI=1S/C14H22N2O/c1-2-3-11-4-6-12(7-5-11)14(15)13-10-17-9-8-16-13/h4-7,13-14,16H,2-3,8-10,15H2,1H3. The highest BCUT2D eigenvalue weighted by Gasteiger charge is 2.21. The lowest BCUT2D eigenvalue weighted by molar-refractivity contribution is 0.0685. The van der Waals surface area contributed by atoms with Crippen molar-refractivity contribution in [1.29, 1.82) is 0 Å². The molecule has 0 spiro atoms. The van der Waals surface area contributed by atoms with Crippen molar-refractivity contribution in [2.24, 2.45) is 5.73 Å². The van der Waals surface area contributed by atoms with Gasteiger partial charge in [0.15, 0.2) is 0 Å². The van der Waals surface area contributed by atoms with Crippen LogP contribution >= 0.6 is 0 Å². The van der Waals surface area contributed by atoms with Gasteiger partial charge in [-0.05, 0) is 17.5 Å². The van der Waals surface area contributed by atoms with E-state index in [2.05, 4.69) is 36.5 Å². The van der Waals surface area contributed by atoms with E-state index >= 15 is 0 Å². The minimum absolute atomic E-state index is 0.0194. The Balaban J connectivity index is 2.00. The molecule has 17 heavy (non-hydrogen) atoms. The summed E-state index contributed by atoms with van der Waals surface area (Å²) in [6.45, 7) is 4.59. The molecule has 1 aromatic rings. The SMILES string of the molecule is CCCc1ccc(C(N)C2COCCN2)cc1. The maximum Gasteiger partial charge on any atom is 0.0638 e. The van der Waals surface area contributed by atoms with Gasteiger partial charge in [0.05, 0.1) is 13.2 Å². The second-order valence-electron chi connectivity index (χ2n) is 4.65. The van der Waals surface area contributed by atoms with Gasteiger partial charge < -0.3 is 15.8 Å². The maximum absolute atomic E-state index is 6.25. The van der Waals surface area contributed by atoms with Gasteiger partial charge in [0, 0.05) is 18.6 Å². The van der Waals surface area contributed by atoms with Crippen LogP contribution in [0.2, 0.25) is 0 Å². The predicted molar refractivity (Wildman–Crippen MR) is 70.0 cm³/mol. The Bertz CT molecular complexity index is 331. The highest BCUT2D eigenvalue weighted by atomic mass is 16.5. The van der Waals surface area contributed by atoms with Gasteiger partial charge in [-0.3, -0.25) is 0 Å². The number of hydrogen-bond acceptors (Lipinski definition) is 3. The third kappa shape index (κ3) is 3.28. The molecule has 3 heteroatoms. The van der Waals surface area contributed by atoms with Crippen LogP contribution in [-0.4, -0.2) is 25.8 Å². The van der Waals surface area contributed by atoms with E-state index in [0.717, 1.165) is 19.6 Å². The molecule has 1 fully saturated rings. The molecule has 0 bridgehead atoms. The van der Waals surface area contributed by atoms with Crippen molar-refractivity contribution in [3.05, 3.63) is 35.4 Å². The van der Waals surface area contributed by atoms with Crippen molar-refractivity contribution < 1.29 is 4.74 Å². The van der Waals surface area contributed by atoms with E-state index in [9.17, 15) is 0 Å². The fourth-order valence-corrected chi connectivity index (χ4v) is 2.24. The molecule has 0 amide bonds. The summed E-state index contributed by atoms with van der Waals surface area (Å²) in [6.07, 6.45) is 2.32. The molecule has 0 saturated carbocycles. The minimum atomic E-state index is 0.0194. The molecule has 1 saturated heterocycles. The summed E-state index contributed by atoms with van der Waals surface area (Å²) in [5, 5.41) is 3.41. The smallest absolute Gasteiger partial charge is 0.0638 e.